The van der Waals surface area contributed by atoms with Crippen LogP contribution < -0.4 is 10.5 Å². The summed E-state index contributed by atoms with van der Waals surface area (Å²) < 4.78 is 24.2. The van der Waals surface area contributed by atoms with Crippen molar-refractivity contribution in [3.63, 3.8) is 0 Å². The van der Waals surface area contributed by atoms with Gasteiger partial charge < -0.3 is 5.73 Å². The number of hydrogen-bond donors (Lipinski definition) is 2. The van der Waals surface area contributed by atoms with Crippen LogP contribution in [0, 0.1) is 0 Å². The molecule has 0 spiro atoms. The summed E-state index contributed by atoms with van der Waals surface area (Å²) in [6.07, 6.45) is 0.606. The summed E-state index contributed by atoms with van der Waals surface area (Å²) >= 11 is 0. The molecule has 0 saturated heterocycles. The van der Waals surface area contributed by atoms with E-state index in [4.69, 9.17) is 5.73 Å². The molecule has 0 unspecified atom stereocenters. The van der Waals surface area contributed by atoms with Gasteiger partial charge in [0.2, 0.25) is 15.9 Å². The first-order chi connectivity index (χ1) is 5.48. The Morgan fingerprint density at radius 2 is 2.08 bits per heavy atom. The number of primary amides is 1. The molecule has 0 bridgehead atoms. The molecule has 0 aromatic heterocycles. The first-order valence-electron chi connectivity index (χ1n) is 3.73. The number of amides is 1. The zero-order valence-corrected chi connectivity index (χ0v) is 7.86. The fraction of sp³-hybridized carbons (Fsp3) is 0.833. The molecular formula is C6H14N2O3S. The van der Waals surface area contributed by atoms with Crippen LogP contribution in [-0.2, 0) is 14.8 Å². The van der Waals surface area contributed by atoms with Crippen LogP contribution in [0.1, 0.15) is 19.8 Å². The van der Waals surface area contributed by atoms with Crippen LogP contribution >= 0.6 is 0 Å². The summed E-state index contributed by atoms with van der Waals surface area (Å²) in [7, 11) is -3.19. The number of rotatable bonds is 6. The lowest BCUT2D eigenvalue weighted by molar-refractivity contribution is -0.117. The van der Waals surface area contributed by atoms with Gasteiger partial charge in [-0.15, -0.1) is 0 Å². The van der Waals surface area contributed by atoms with Crippen LogP contribution in [0.15, 0.2) is 0 Å². The van der Waals surface area contributed by atoms with Crippen molar-refractivity contribution in [1.82, 2.24) is 4.72 Å². The molecule has 0 heterocycles. The Morgan fingerprint density at radius 1 is 1.50 bits per heavy atom. The average molecular weight is 194 g/mol. The van der Waals surface area contributed by atoms with Gasteiger partial charge in [0.15, 0.2) is 0 Å². The molecule has 0 aliphatic carbocycles. The van der Waals surface area contributed by atoms with Crippen LogP contribution in [0.5, 0.6) is 0 Å². The predicted octanol–water partition coefficient (Wildman–Crippen LogP) is -0.809. The highest BCUT2D eigenvalue weighted by Crippen LogP contribution is 1.88. The molecule has 0 fully saturated rings. The maximum absolute atomic E-state index is 10.9. The second kappa shape index (κ2) is 5.10. The molecule has 72 valence electrons. The van der Waals surface area contributed by atoms with E-state index in [0.29, 0.717) is 6.42 Å². The fourth-order valence-corrected chi connectivity index (χ4v) is 1.77. The van der Waals surface area contributed by atoms with Crippen molar-refractivity contribution in [2.45, 2.75) is 19.8 Å². The lowest BCUT2D eigenvalue weighted by Crippen LogP contribution is -2.29. The second-order valence-electron chi connectivity index (χ2n) is 2.43. The fourth-order valence-electron chi connectivity index (χ4n) is 0.671. The quantitative estimate of drug-likeness (QED) is 0.579. The number of nitrogens with two attached hydrogens (primary N) is 1. The molecule has 0 saturated carbocycles. The molecule has 0 aromatic carbocycles. The summed E-state index contributed by atoms with van der Waals surface area (Å²) in [4.78, 5) is 10.2. The Morgan fingerprint density at radius 3 is 2.50 bits per heavy atom. The topological polar surface area (TPSA) is 89.3 Å². The zero-order valence-electron chi connectivity index (χ0n) is 7.04. The standard InChI is InChI=1S/C6H14N2O3S/c1-2-5-12(10,11)8-4-3-6(7)9/h8H,2-5H2,1H3,(H2,7,9). The summed E-state index contributed by atoms with van der Waals surface area (Å²) in [5, 5.41) is 0. The lowest BCUT2D eigenvalue weighted by Gasteiger charge is -2.02. The predicted molar refractivity (Wildman–Crippen MR) is 45.9 cm³/mol. The van der Waals surface area contributed by atoms with E-state index in [0.717, 1.165) is 0 Å². The Labute approximate surface area is 72.4 Å². The van der Waals surface area contributed by atoms with Gasteiger partial charge in [0.1, 0.15) is 0 Å². The minimum Gasteiger partial charge on any atom is -0.370 e. The van der Waals surface area contributed by atoms with Gasteiger partial charge >= 0.3 is 0 Å². The van der Waals surface area contributed by atoms with Crippen molar-refractivity contribution < 1.29 is 13.2 Å². The maximum Gasteiger partial charge on any atom is 0.218 e. The van der Waals surface area contributed by atoms with Crippen molar-refractivity contribution in [3.8, 4) is 0 Å². The smallest absolute Gasteiger partial charge is 0.218 e. The van der Waals surface area contributed by atoms with E-state index < -0.39 is 15.9 Å². The summed E-state index contributed by atoms with van der Waals surface area (Å²) in [5.41, 5.74) is 4.82. The average Bonchev–Trinajstić information content (AvgIpc) is 1.85. The molecule has 3 N–H and O–H groups in total. The molecule has 0 aliphatic rings. The minimum atomic E-state index is -3.19. The molecule has 0 aliphatic heterocycles. The number of nitrogens with one attached hydrogen (secondary N) is 1. The van der Waals surface area contributed by atoms with E-state index in [1.54, 1.807) is 6.92 Å². The van der Waals surface area contributed by atoms with E-state index in [1.807, 2.05) is 0 Å². The van der Waals surface area contributed by atoms with Crippen molar-refractivity contribution in [1.29, 1.82) is 0 Å². The molecule has 0 radical (unpaired) electrons. The number of hydrogen-bond acceptors (Lipinski definition) is 3. The van der Waals surface area contributed by atoms with Gasteiger partial charge in [-0.3, -0.25) is 4.79 Å². The number of carbonyl (C=O) groups excluding carboxylic acids is 1. The van der Waals surface area contributed by atoms with Crippen LogP contribution in [0.4, 0.5) is 0 Å². The molecule has 0 atom stereocenters. The number of carbonyl (C=O) groups is 1. The van der Waals surface area contributed by atoms with Crippen molar-refractivity contribution in [2.24, 2.45) is 5.73 Å². The van der Waals surface area contributed by atoms with Crippen molar-refractivity contribution in [3.05, 3.63) is 0 Å². The van der Waals surface area contributed by atoms with Gasteiger partial charge in [-0.25, -0.2) is 13.1 Å². The second-order valence-corrected chi connectivity index (χ2v) is 4.36. The van der Waals surface area contributed by atoms with E-state index in [-0.39, 0.29) is 18.7 Å². The van der Waals surface area contributed by atoms with Gasteiger partial charge in [-0.2, -0.15) is 0 Å². The SMILES string of the molecule is CCCS(=O)(=O)NCCC(N)=O. The molecule has 5 nitrogen and oxygen atoms in total. The summed E-state index contributed by atoms with van der Waals surface area (Å²) in [6.45, 7) is 1.87. The molecular weight excluding hydrogens is 180 g/mol. The van der Waals surface area contributed by atoms with Crippen molar-refractivity contribution in [2.75, 3.05) is 12.3 Å². The third kappa shape index (κ3) is 6.11. The monoisotopic (exact) mass is 194 g/mol. The summed E-state index contributed by atoms with van der Waals surface area (Å²) in [5.74, 6) is -0.416. The van der Waals surface area contributed by atoms with Gasteiger partial charge in [0, 0.05) is 13.0 Å². The molecule has 0 aromatic rings. The van der Waals surface area contributed by atoms with Crippen molar-refractivity contribution >= 4 is 15.9 Å². The van der Waals surface area contributed by atoms with E-state index in [2.05, 4.69) is 4.72 Å². The normalized spacial score (nSPS) is 11.4. The first-order valence-corrected chi connectivity index (χ1v) is 5.39. The molecule has 0 rings (SSSR count). The van der Waals surface area contributed by atoms with E-state index >= 15 is 0 Å². The van der Waals surface area contributed by atoms with Gasteiger partial charge in [-0.05, 0) is 6.42 Å². The molecule has 1 amide bonds. The third-order valence-electron chi connectivity index (χ3n) is 1.17. The maximum atomic E-state index is 10.9. The largest absolute Gasteiger partial charge is 0.370 e. The van der Waals surface area contributed by atoms with Crippen LogP contribution in [0.25, 0.3) is 0 Å². The Bertz CT molecular complexity index is 235. The lowest BCUT2D eigenvalue weighted by atomic mass is 10.4. The third-order valence-corrected chi connectivity index (χ3v) is 2.76. The van der Waals surface area contributed by atoms with Gasteiger partial charge in [-0.1, -0.05) is 6.92 Å². The number of sulfonamides is 1. The van der Waals surface area contributed by atoms with Crippen LogP contribution in [0.3, 0.4) is 0 Å². The van der Waals surface area contributed by atoms with Crippen LogP contribution in [-0.4, -0.2) is 26.6 Å². The minimum absolute atomic E-state index is 0.0446. The highest BCUT2D eigenvalue weighted by molar-refractivity contribution is 7.89. The van der Waals surface area contributed by atoms with Gasteiger partial charge in [0.25, 0.3) is 0 Å². The molecule has 12 heavy (non-hydrogen) atoms. The van der Waals surface area contributed by atoms with E-state index in [9.17, 15) is 13.2 Å². The first kappa shape index (κ1) is 11.4. The van der Waals surface area contributed by atoms with E-state index in [1.165, 1.54) is 0 Å². The Kier molecular flexibility index (Phi) is 4.84. The highest BCUT2D eigenvalue weighted by Gasteiger charge is 2.07. The van der Waals surface area contributed by atoms with Crippen LogP contribution in [0.2, 0.25) is 0 Å². The Balaban J connectivity index is 3.69. The highest BCUT2D eigenvalue weighted by atomic mass is 32.2. The molecule has 6 heteroatoms. The van der Waals surface area contributed by atoms with Gasteiger partial charge in [0.05, 0.1) is 5.75 Å². The summed E-state index contributed by atoms with van der Waals surface area (Å²) in [6, 6.07) is 0. The Hall–Kier alpha value is -0.620. The zero-order chi connectivity index (χ0) is 9.61.